The maximum absolute atomic E-state index is 12.9. The number of fused-ring (bicyclic) bond motifs is 1. The molecule has 1 aliphatic rings. The van der Waals surface area contributed by atoms with E-state index >= 15 is 0 Å². The first kappa shape index (κ1) is 21.4. The Bertz CT molecular complexity index is 1350. The van der Waals surface area contributed by atoms with Crippen LogP contribution < -0.4 is 9.50 Å². The molecule has 10 heteroatoms. The van der Waals surface area contributed by atoms with E-state index in [1.165, 1.54) is 30.1 Å². The minimum absolute atomic E-state index is 0.0514. The van der Waals surface area contributed by atoms with Gasteiger partial charge in [-0.3, -0.25) is 4.79 Å². The van der Waals surface area contributed by atoms with E-state index in [4.69, 9.17) is 15.8 Å². The van der Waals surface area contributed by atoms with Crippen molar-refractivity contribution >= 4 is 61.5 Å². The van der Waals surface area contributed by atoms with Crippen molar-refractivity contribution in [2.24, 2.45) is 10.2 Å². The summed E-state index contributed by atoms with van der Waals surface area (Å²) in [5.41, 5.74) is 1.20. The molecule has 1 N–H and O–H groups in total. The number of carbonyl (C=O) groups excluding carboxylic acids is 1. The van der Waals surface area contributed by atoms with Gasteiger partial charge in [0.15, 0.2) is 10.9 Å². The number of amidine groups is 1. The summed E-state index contributed by atoms with van der Waals surface area (Å²) >= 11 is 7.32. The van der Waals surface area contributed by atoms with Crippen molar-refractivity contribution in [3.8, 4) is 5.75 Å². The smallest absolute Gasteiger partial charge is 0.339 e. The van der Waals surface area contributed by atoms with Crippen LogP contribution in [-0.4, -0.2) is 31.5 Å². The lowest BCUT2D eigenvalue weighted by Crippen LogP contribution is -2.19. The molecule has 0 saturated carbocycles. The van der Waals surface area contributed by atoms with E-state index in [1.807, 2.05) is 24.3 Å². The van der Waals surface area contributed by atoms with Crippen LogP contribution in [0.15, 0.2) is 69.7 Å². The Morgan fingerprint density at radius 3 is 2.71 bits per heavy atom. The van der Waals surface area contributed by atoms with E-state index < -0.39 is 10.1 Å². The normalized spacial score (nSPS) is 15.7. The number of nitrogens with one attached hydrogen (secondary N) is 1. The zero-order valence-corrected chi connectivity index (χ0v) is 18.6. The van der Waals surface area contributed by atoms with Crippen LogP contribution in [0.1, 0.15) is 11.1 Å². The van der Waals surface area contributed by atoms with E-state index in [1.54, 1.807) is 25.1 Å². The lowest BCUT2D eigenvalue weighted by Gasteiger charge is -2.12. The Balaban J connectivity index is 1.74. The van der Waals surface area contributed by atoms with Gasteiger partial charge in [0, 0.05) is 10.6 Å². The Labute approximate surface area is 188 Å². The van der Waals surface area contributed by atoms with Crippen molar-refractivity contribution in [3.63, 3.8) is 0 Å². The molecule has 1 aliphatic heterocycles. The van der Waals surface area contributed by atoms with Gasteiger partial charge in [0.2, 0.25) is 5.91 Å². The number of amides is 1. The summed E-state index contributed by atoms with van der Waals surface area (Å²) in [5.74, 6) is 0.243. The van der Waals surface area contributed by atoms with Crippen LogP contribution in [0.5, 0.6) is 5.75 Å². The summed E-state index contributed by atoms with van der Waals surface area (Å²) in [6, 6.07) is 15.2. The fraction of sp³-hybridized carbons (Fsp3) is 0.0952. The van der Waals surface area contributed by atoms with E-state index in [0.29, 0.717) is 15.8 Å². The number of rotatable bonds is 5. The second kappa shape index (κ2) is 8.70. The molecule has 7 nitrogen and oxygen atoms in total. The van der Waals surface area contributed by atoms with Crippen LogP contribution in [-0.2, 0) is 14.9 Å². The number of nitrogens with zero attached hydrogens (tertiary/aromatic N) is 2. The molecular formula is C21H16ClN3O4S2. The number of thioether (sulfide) groups is 1. The molecule has 1 amide bonds. The van der Waals surface area contributed by atoms with Gasteiger partial charge in [-0.1, -0.05) is 59.8 Å². The number of aryl methyl sites for hydroxylation is 1. The standard InChI is InChI=1S/C21H16ClN3O4S2/c1-13-6-8-15(10-18(13)22)31(27,28)29-19-9-7-14-4-2-3-5-16(14)17(19)11-23-25-21-24-20(26)12-30-21/h2-11H,12H2,1H3,(H,24,25,26)/b23-11-. The Morgan fingerprint density at radius 2 is 1.97 bits per heavy atom. The molecule has 0 aliphatic carbocycles. The number of hydrogen-bond donors (Lipinski definition) is 1. The minimum Gasteiger partial charge on any atom is -0.378 e. The molecule has 0 radical (unpaired) electrons. The van der Waals surface area contributed by atoms with Gasteiger partial charge in [-0.25, -0.2) is 0 Å². The summed E-state index contributed by atoms with van der Waals surface area (Å²) in [5, 5.41) is 12.9. The molecule has 1 heterocycles. The average molecular weight is 474 g/mol. The van der Waals surface area contributed by atoms with Crippen molar-refractivity contribution in [2.75, 3.05) is 5.75 Å². The van der Waals surface area contributed by atoms with E-state index in [2.05, 4.69) is 15.5 Å². The summed E-state index contributed by atoms with van der Waals surface area (Å²) in [6.07, 6.45) is 1.41. The van der Waals surface area contributed by atoms with Crippen LogP contribution in [0.3, 0.4) is 0 Å². The highest BCUT2D eigenvalue weighted by Crippen LogP contribution is 2.30. The number of carbonyl (C=O) groups is 1. The maximum atomic E-state index is 12.9. The van der Waals surface area contributed by atoms with Crippen molar-refractivity contribution in [1.29, 1.82) is 0 Å². The summed E-state index contributed by atoms with van der Waals surface area (Å²) in [6.45, 7) is 1.78. The van der Waals surface area contributed by atoms with Gasteiger partial charge in [-0.15, -0.1) is 5.10 Å². The molecule has 3 aromatic rings. The molecule has 1 fully saturated rings. The highest BCUT2D eigenvalue weighted by atomic mass is 35.5. The SMILES string of the molecule is Cc1ccc(S(=O)(=O)Oc2ccc3ccccc3c2/C=N\N=C2\NC(=O)CS2)cc1Cl. The Morgan fingerprint density at radius 1 is 1.16 bits per heavy atom. The molecule has 0 bridgehead atoms. The highest BCUT2D eigenvalue weighted by molar-refractivity contribution is 8.15. The molecule has 31 heavy (non-hydrogen) atoms. The lowest BCUT2D eigenvalue weighted by molar-refractivity contribution is -0.116. The Kier molecular flexibility index (Phi) is 5.99. The van der Waals surface area contributed by atoms with E-state index in [-0.39, 0.29) is 22.3 Å². The van der Waals surface area contributed by atoms with Crippen LogP contribution in [0.25, 0.3) is 10.8 Å². The van der Waals surface area contributed by atoms with Crippen LogP contribution in [0.4, 0.5) is 0 Å². The first-order valence-corrected chi connectivity index (χ1v) is 11.9. The van der Waals surface area contributed by atoms with Gasteiger partial charge in [0.1, 0.15) is 4.90 Å². The van der Waals surface area contributed by atoms with Crippen LogP contribution in [0.2, 0.25) is 5.02 Å². The zero-order valence-electron chi connectivity index (χ0n) is 16.2. The molecule has 0 aromatic heterocycles. The Hall–Kier alpha value is -2.88. The van der Waals surface area contributed by atoms with Crippen molar-refractivity contribution in [2.45, 2.75) is 11.8 Å². The molecule has 3 aromatic carbocycles. The van der Waals surface area contributed by atoms with E-state index in [0.717, 1.165) is 16.3 Å². The maximum Gasteiger partial charge on any atom is 0.339 e. The first-order chi connectivity index (χ1) is 14.8. The molecular weight excluding hydrogens is 458 g/mol. The molecule has 4 rings (SSSR count). The third kappa shape index (κ3) is 4.73. The van der Waals surface area contributed by atoms with E-state index in [9.17, 15) is 13.2 Å². The lowest BCUT2D eigenvalue weighted by atomic mass is 10.0. The first-order valence-electron chi connectivity index (χ1n) is 9.09. The average Bonchev–Trinajstić information content (AvgIpc) is 3.16. The van der Waals surface area contributed by atoms with Gasteiger partial charge < -0.3 is 9.50 Å². The van der Waals surface area contributed by atoms with Crippen molar-refractivity contribution in [1.82, 2.24) is 5.32 Å². The third-order valence-electron chi connectivity index (χ3n) is 4.48. The largest absolute Gasteiger partial charge is 0.378 e. The predicted octanol–water partition coefficient (Wildman–Crippen LogP) is 4.12. The van der Waals surface area contributed by atoms with Crippen LogP contribution >= 0.6 is 23.4 Å². The van der Waals surface area contributed by atoms with Crippen molar-refractivity contribution in [3.05, 3.63) is 70.7 Å². The number of halogens is 1. The van der Waals surface area contributed by atoms with Gasteiger partial charge in [-0.2, -0.15) is 13.5 Å². The van der Waals surface area contributed by atoms with Gasteiger partial charge >= 0.3 is 10.1 Å². The highest BCUT2D eigenvalue weighted by Gasteiger charge is 2.20. The quantitative estimate of drug-likeness (QED) is 0.341. The summed E-state index contributed by atoms with van der Waals surface area (Å²) in [4.78, 5) is 11.2. The van der Waals surface area contributed by atoms with Gasteiger partial charge in [0.05, 0.1) is 12.0 Å². The molecule has 1 saturated heterocycles. The molecule has 0 unspecified atom stereocenters. The van der Waals surface area contributed by atoms with Gasteiger partial charge in [-0.05, 0) is 41.5 Å². The molecule has 0 atom stereocenters. The second-order valence-electron chi connectivity index (χ2n) is 6.63. The zero-order chi connectivity index (χ0) is 22.0. The molecule has 158 valence electrons. The molecule has 0 spiro atoms. The summed E-state index contributed by atoms with van der Waals surface area (Å²) < 4.78 is 31.2. The monoisotopic (exact) mass is 473 g/mol. The van der Waals surface area contributed by atoms with Crippen molar-refractivity contribution < 1.29 is 17.4 Å². The minimum atomic E-state index is -4.13. The summed E-state index contributed by atoms with van der Waals surface area (Å²) in [7, 11) is -4.13. The van der Waals surface area contributed by atoms with Gasteiger partial charge in [0.25, 0.3) is 0 Å². The predicted molar refractivity (Wildman–Crippen MR) is 124 cm³/mol. The number of benzene rings is 3. The fourth-order valence-corrected chi connectivity index (χ4v) is 4.75. The topological polar surface area (TPSA) is 97.2 Å². The fourth-order valence-electron chi connectivity index (χ4n) is 2.90. The third-order valence-corrected chi connectivity index (χ3v) is 6.99. The second-order valence-corrected chi connectivity index (χ2v) is 9.55. The van der Waals surface area contributed by atoms with Crippen LogP contribution in [0, 0.1) is 6.92 Å². The number of hydrogen-bond acceptors (Lipinski definition) is 7.